The molecule has 0 aliphatic carbocycles. The molecule has 0 saturated heterocycles. The first-order valence-electron chi connectivity index (χ1n) is 4.85. The van der Waals surface area contributed by atoms with Crippen LogP contribution >= 0.6 is 11.8 Å². The number of thioether (sulfide) groups is 1. The van der Waals surface area contributed by atoms with Crippen LogP contribution in [0.1, 0.15) is 12.8 Å². The van der Waals surface area contributed by atoms with E-state index in [1.54, 1.807) is 0 Å². The third kappa shape index (κ3) is 21.1. The Labute approximate surface area is 103 Å². The molecule has 0 fully saturated rings. The number of carbonyl (C=O) groups is 2. The molecule has 0 atom stereocenters. The minimum Gasteiger partial charge on any atom is -0.481 e. The average molecular weight is 270 g/mol. The largest absolute Gasteiger partial charge is 0.481 e. The zero-order chi connectivity index (χ0) is 13.7. The molecule has 0 aromatic carbocycles. The van der Waals surface area contributed by atoms with Crippen LogP contribution in [0.4, 0.5) is 0 Å². The third-order valence-electron chi connectivity index (χ3n) is 1.34. The highest BCUT2D eigenvalue weighted by atomic mass is 32.2. The molecule has 0 aromatic heterocycles. The highest BCUT2D eigenvalue weighted by molar-refractivity contribution is 7.99. The van der Waals surface area contributed by atoms with Crippen molar-refractivity contribution >= 4 is 23.7 Å². The lowest BCUT2D eigenvalue weighted by Crippen LogP contribution is -2.15. The van der Waals surface area contributed by atoms with E-state index in [4.69, 9.17) is 25.5 Å². The van der Waals surface area contributed by atoms with Gasteiger partial charge in [-0.15, -0.1) is 0 Å². The summed E-state index contributed by atoms with van der Waals surface area (Å²) in [5.74, 6) is -0.703. The molecule has 7 nitrogen and oxygen atoms in total. The Hall–Kier alpha value is -0.830. The first-order valence-corrected chi connectivity index (χ1v) is 6.00. The van der Waals surface area contributed by atoms with Crippen LogP contribution < -0.4 is 0 Å². The number of aliphatic hydroxyl groups is 3. The van der Waals surface area contributed by atoms with Gasteiger partial charge in [0.15, 0.2) is 0 Å². The summed E-state index contributed by atoms with van der Waals surface area (Å²) in [6.07, 6.45) is -0.751. The predicted molar refractivity (Wildman–Crippen MR) is 62.0 cm³/mol. The summed E-state index contributed by atoms with van der Waals surface area (Å²) >= 11 is 1.35. The van der Waals surface area contributed by atoms with Crippen LogP contribution in [-0.2, 0) is 9.59 Å². The maximum atomic E-state index is 9.97. The van der Waals surface area contributed by atoms with Crippen molar-refractivity contribution in [2.75, 3.05) is 24.7 Å². The number of rotatable bonds is 8. The van der Waals surface area contributed by atoms with Crippen molar-refractivity contribution in [1.29, 1.82) is 0 Å². The lowest BCUT2D eigenvalue weighted by Gasteiger charge is -1.96. The van der Waals surface area contributed by atoms with Gasteiger partial charge in [-0.2, -0.15) is 11.8 Å². The molecular formula is C9H18O7S. The van der Waals surface area contributed by atoms with E-state index >= 15 is 0 Å². The molecule has 5 N–H and O–H groups in total. The maximum Gasteiger partial charge on any atom is 0.304 e. The van der Waals surface area contributed by atoms with Crippen LogP contribution in [0.2, 0.25) is 0 Å². The number of aliphatic hydroxyl groups excluding tert-OH is 3. The summed E-state index contributed by atoms with van der Waals surface area (Å²) in [7, 11) is 0. The summed E-state index contributed by atoms with van der Waals surface area (Å²) in [6, 6.07) is 0. The van der Waals surface area contributed by atoms with E-state index in [2.05, 4.69) is 0 Å². The molecule has 8 heteroatoms. The molecule has 0 aliphatic rings. The van der Waals surface area contributed by atoms with Gasteiger partial charge in [-0.1, -0.05) is 0 Å². The fourth-order valence-corrected chi connectivity index (χ4v) is 1.32. The van der Waals surface area contributed by atoms with Gasteiger partial charge in [-0.3, -0.25) is 9.59 Å². The quantitative estimate of drug-likeness (QED) is 0.354. The average Bonchev–Trinajstić information content (AvgIpc) is 2.27. The van der Waals surface area contributed by atoms with Crippen molar-refractivity contribution in [2.24, 2.45) is 0 Å². The lowest BCUT2D eigenvalue weighted by molar-refractivity contribution is -0.137. The standard InChI is InChI=1S/C6H10O4S.C3H8O3/c7-5(8)1-3-11-4-2-6(9)10;4-1-3(6)2-5/h1-4H2,(H,7,8)(H,9,10);3-6H,1-2H2. The Morgan fingerprint density at radius 1 is 0.941 bits per heavy atom. The number of carboxylic acid groups (broad SMARTS) is 2. The summed E-state index contributed by atoms with van der Waals surface area (Å²) in [6.45, 7) is -0.729. The summed E-state index contributed by atoms with van der Waals surface area (Å²) in [4.78, 5) is 19.9. The summed E-state index contributed by atoms with van der Waals surface area (Å²) in [5.41, 5.74) is 0. The van der Waals surface area contributed by atoms with Gasteiger partial charge in [0.25, 0.3) is 0 Å². The van der Waals surface area contributed by atoms with Crippen molar-refractivity contribution in [3.05, 3.63) is 0 Å². The molecule has 0 radical (unpaired) electrons. The van der Waals surface area contributed by atoms with Gasteiger partial charge in [-0.25, -0.2) is 0 Å². The molecule has 0 aromatic rings. The minimum absolute atomic E-state index is 0.101. The van der Waals surface area contributed by atoms with Crippen LogP contribution in [0.3, 0.4) is 0 Å². The zero-order valence-corrected chi connectivity index (χ0v) is 10.1. The Kier molecular flexibility index (Phi) is 14.4. The van der Waals surface area contributed by atoms with E-state index in [1.807, 2.05) is 0 Å². The first-order chi connectivity index (χ1) is 7.93. The van der Waals surface area contributed by atoms with E-state index < -0.39 is 18.0 Å². The monoisotopic (exact) mass is 270 g/mol. The Morgan fingerprint density at radius 3 is 1.47 bits per heavy atom. The second-order valence-corrected chi connectivity index (χ2v) is 4.14. The molecule has 17 heavy (non-hydrogen) atoms. The van der Waals surface area contributed by atoms with Crippen LogP contribution in [-0.4, -0.2) is 68.3 Å². The van der Waals surface area contributed by atoms with E-state index in [9.17, 15) is 9.59 Å². The number of aliphatic carboxylic acids is 2. The molecule has 0 aliphatic heterocycles. The third-order valence-corrected chi connectivity index (χ3v) is 2.33. The molecule has 0 heterocycles. The van der Waals surface area contributed by atoms with Crippen LogP contribution in [0.5, 0.6) is 0 Å². The van der Waals surface area contributed by atoms with Crippen molar-refractivity contribution in [3.8, 4) is 0 Å². The van der Waals surface area contributed by atoms with Gasteiger partial charge >= 0.3 is 11.9 Å². The Bertz CT molecular complexity index is 190. The predicted octanol–water partition coefficient (Wildman–Crippen LogP) is -0.999. The van der Waals surface area contributed by atoms with Crippen molar-refractivity contribution < 1.29 is 35.1 Å². The van der Waals surface area contributed by atoms with Gasteiger partial charge < -0.3 is 25.5 Å². The van der Waals surface area contributed by atoms with E-state index in [0.717, 1.165) is 0 Å². The highest BCUT2D eigenvalue weighted by Crippen LogP contribution is 2.03. The number of hydrogen-bond donors (Lipinski definition) is 5. The molecule has 0 amide bonds. The second-order valence-electron chi connectivity index (χ2n) is 2.92. The maximum absolute atomic E-state index is 9.97. The van der Waals surface area contributed by atoms with E-state index in [1.165, 1.54) is 11.8 Å². The van der Waals surface area contributed by atoms with Crippen molar-refractivity contribution in [3.63, 3.8) is 0 Å². The fraction of sp³-hybridized carbons (Fsp3) is 0.778. The molecule has 0 rings (SSSR count). The van der Waals surface area contributed by atoms with E-state index in [0.29, 0.717) is 11.5 Å². The highest BCUT2D eigenvalue weighted by Gasteiger charge is 1.98. The van der Waals surface area contributed by atoms with Gasteiger partial charge in [0, 0.05) is 11.5 Å². The zero-order valence-electron chi connectivity index (χ0n) is 9.28. The SMILES string of the molecule is O=C(O)CCSCCC(=O)O.OCC(O)CO. The molecule has 0 saturated carbocycles. The van der Waals surface area contributed by atoms with Crippen molar-refractivity contribution in [1.82, 2.24) is 0 Å². The first kappa shape index (κ1) is 18.5. The minimum atomic E-state index is -0.954. The van der Waals surface area contributed by atoms with Crippen LogP contribution in [0.25, 0.3) is 0 Å². The van der Waals surface area contributed by atoms with Crippen molar-refractivity contribution in [2.45, 2.75) is 18.9 Å². The van der Waals surface area contributed by atoms with Crippen LogP contribution in [0.15, 0.2) is 0 Å². The smallest absolute Gasteiger partial charge is 0.304 e. The topological polar surface area (TPSA) is 135 Å². The number of hydrogen-bond acceptors (Lipinski definition) is 6. The number of carboxylic acids is 2. The summed E-state index contributed by atoms with van der Waals surface area (Å²) in [5, 5.41) is 40.4. The molecule has 0 unspecified atom stereocenters. The summed E-state index contributed by atoms with van der Waals surface area (Å²) < 4.78 is 0. The van der Waals surface area contributed by atoms with Gasteiger partial charge in [0.1, 0.15) is 6.10 Å². The van der Waals surface area contributed by atoms with Gasteiger partial charge in [0.2, 0.25) is 0 Å². The lowest BCUT2D eigenvalue weighted by atomic mass is 10.4. The normalized spacial score (nSPS) is 9.65. The Balaban J connectivity index is 0. The molecular weight excluding hydrogens is 252 g/mol. The van der Waals surface area contributed by atoms with E-state index in [-0.39, 0.29) is 26.1 Å². The molecule has 0 bridgehead atoms. The van der Waals surface area contributed by atoms with Crippen LogP contribution in [0, 0.1) is 0 Å². The molecule has 102 valence electrons. The second kappa shape index (κ2) is 13.2. The van der Waals surface area contributed by atoms with Gasteiger partial charge in [0.05, 0.1) is 26.1 Å². The van der Waals surface area contributed by atoms with Gasteiger partial charge in [-0.05, 0) is 0 Å². The Morgan fingerprint density at radius 2 is 1.29 bits per heavy atom. The fourth-order valence-electron chi connectivity index (χ4n) is 0.479. The molecule has 0 spiro atoms.